The monoisotopic (exact) mass is 467 g/mol. The third-order valence-corrected chi connectivity index (χ3v) is 4.73. The first-order chi connectivity index (χ1) is 12.0. The van der Waals surface area contributed by atoms with E-state index in [1.54, 1.807) is 24.3 Å². The predicted molar refractivity (Wildman–Crippen MR) is 104 cm³/mol. The van der Waals surface area contributed by atoms with Crippen molar-refractivity contribution in [2.24, 2.45) is 0 Å². The number of thiazole rings is 1. The van der Waals surface area contributed by atoms with Gasteiger partial charge in [-0.05, 0) is 59.0 Å². The highest BCUT2D eigenvalue weighted by molar-refractivity contribution is 14.1. The normalized spacial score (nSPS) is 10.5. The Balaban J connectivity index is 1.67. The molecule has 6 nitrogen and oxygen atoms in total. The van der Waals surface area contributed by atoms with Crippen molar-refractivity contribution in [2.75, 3.05) is 5.32 Å². The van der Waals surface area contributed by atoms with E-state index < -0.39 is 0 Å². The summed E-state index contributed by atoms with van der Waals surface area (Å²) in [5.41, 5.74) is 1.21. The molecule has 3 aromatic rings. The van der Waals surface area contributed by atoms with Gasteiger partial charge < -0.3 is 9.73 Å². The van der Waals surface area contributed by atoms with Gasteiger partial charge in [-0.2, -0.15) is 0 Å². The maximum Gasteiger partial charge on any atom is 0.257 e. The molecule has 8 heteroatoms. The van der Waals surface area contributed by atoms with Crippen molar-refractivity contribution in [3.63, 3.8) is 0 Å². The van der Waals surface area contributed by atoms with E-state index >= 15 is 0 Å². The summed E-state index contributed by atoms with van der Waals surface area (Å²) < 4.78 is 6.72. The van der Waals surface area contributed by atoms with Crippen LogP contribution in [0.15, 0.2) is 46.2 Å². The van der Waals surface area contributed by atoms with E-state index in [9.17, 15) is 9.59 Å². The Bertz CT molecular complexity index is 902. The number of carbonyl (C=O) groups excluding carboxylic acids is 2. The van der Waals surface area contributed by atoms with Gasteiger partial charge in [-0.1, -0.05) is 0 Å². The Hall–Kier alpha value is -2.20. The van der Waals surface area contributed by atoms with Gasteiger partial charge in [-0.25, -0.2) is 4.98 Å². The number of halogens is 1. The van der Waals surface area contributed by atoms with E-state index in [4.69, 9.17) is 4.42 Å². The molecule has 0 fully saturated rings. The van der Waals surface area contributed by atoms with Gasteiger partial charge in [-0.15, -0.1) is 11.3 Å². The molecule has 0 saturated heterocycles. The van der Waals surface area contributed by atoms with Crippen molar-refractivity contribution in [3.8, 4) is 11.5 Å². The number of rotatable bonds is 5. The van der Waals surface area contributed by atoms with Crippen LogP contribution in [0.2, 0.25) is 0 Å². The van der Waals surface area contributed by atoms with Gasteiger partial charge in [0.05, 0.1) is 6.54 Å². The molecule has 0 aliphatic carbocycles. The smallest absolute Gasteiger partial charge is 0.257 e. The Morgan fingerprint density at radius 1 is 1.20 bits per heavy atom. The van der Waals surface area contributed by atoms with Crippen LogP contribution in [0.1, 0.15) is 23.0 Å². The van der Waals surface area contributed by atoms with Gasteiger partial charge in [0.2, 0.25) is 5.91 Å². The molecule has 0 spiro atoms. The third-order valence-electron chi connectivity index (χ3n) is 3.26. The summed E-state index contributed by atoms with van der Waals surface area (Å²) in [6.45, 7) is 1.78. The summed E-state index contributed by atoms with van der Waals surface area (Å²) in [6.07, 6.45) is 0. The average molecular weight is 467 g/mol. The van der Waals surface area contributed by atoms with Crippen LogP contribution in [0.4, 0.5) is 5.13 Å². The molecule has 0 radical (unpaired) electrons. The summed E-state index contributed by atoms with van der Waals surface area (Å²) in [5.74, 6) is 0.907. The topological polar surface area (TPSA) is 84.2 Å². The standard InChI is InChI=1S/C17H14IN3O3S/c1-10(22)19-8-13-6-7-15(24-13)14-9-25-17(20-14)21-16(23)11-2-4-12(18)5-3-11/h2-7,9H,8H2,1H3,(H,19,22)(H,20,21,23). The lowest BCUT2D eigenvalue weighted by molar-refractivity contribution is -0.119. The molecule has 25 heavy (non-hydrogen) atoms. The second kappa shape index (κ2) is 7.79. The third kappa shape index (κ3) is 4.67. The van der Waals surface area contributed by atoms with Crippen LogP contribution in [0.3, 0.4) is 0 Å². The molecule has 2 heterocycles. The first-order valence-electron chi connectivity index (χ1n) is 7.37. The van der Waals surface area contributed by atoms with Crippen molar-refractivity contribution in [1.29, 1.82) is 0 Å². The van der Waals surface area contributed by atoms with Crippen LogP contribution in [0, 0.1) is 3.57 Å². The van der Waals surface area contributed by atoms with Crippen molar-refractivity contribution < 1.29 is 14.0 Å². The summed E-state index contributed by atoms with van der Waals surface area (Å²) in [7, 11) is 0. The Kier molecular flexibility index (Phi) is 5.49. The van der Waals surface area contributed by atoms with Crippen LogP contribution in [-0.4, -0.2) is 16.8 Å². The van der Waals surface area contributed by atoms with Gasteiger partial charge in [0.25, 0.3) is 5.91 Å². The Labute approximate surface area is 161 Å². The summed E-state index contributed by atoms with van der Waals surface area (Å²) in [5, 5.41) is 7.76. The second-order valence-corrected chi connectivity index (χ2v) is 7.28. The molecular formula is C17H14IN3O3S. The van der Waals surface area contributed by atoms with Crippen LogP contribution in [0.5, 0.6) is 0 Å². The first-order valence-corrected chi connectivity index (χ1v) is 9.33. The number of amides is 2. The minimum absolute atomic E-state index is 0.118. The first kappa shape index (κ1) is 17.6. The molecule has 2 aromatic heterocycles. The fourth-order valence-electron chi connectivity index (χ4n) is 2.04. The average Bonchev–Trinajstić information content (AvgIpc) is 3.22. The largest absolute Gasteiger partial charge is 0.458 e. The number of nitrogens with one attached hydrogen (secondary N) is 2. The zero-order chi connectivity index (χ0) is 17.8. The molecule has 2 N–H and O–H groups in total. The van der Waals surface area contributed by atoms with Gasteiger partial charge in [0.15, 0.2) is 10.9 Å². The van der Waals surface area contributed by atoms with E-state index in [1.165, 1.54) is 18.3 Å². The number of furan rings is 1. The van der Waals surface area contributed by atoms with Gasteiger partial charge >= 0.3 is 0 Å². The molecule has 0 aliphatic rings. The summed E-state index contributed by atoms with van der Waals surface area (Å²) in [4.78, 5) is 27.5. The zero-order valence-corrected chi connectivity index (χ0v) is 16.2. The summed E-state index contributed by atoms with van der Waals surface area (Å²) in [6, 6.07) is 10.9. The molecule has 1 aromatic carbocycles. The number of carbonyl (C=O) groups is 2. The molecule has 0 aliphatic heterocycles. The zero-order valence-electron chi connectivity index (χ0n) is 13.2. The van der Waals surface area contributed by atoms with Gasteiger partial charge in [-0.3, -0.25) is 14.9 Å². The van der Waals surface area contributed by atoms with Crippen LogP contribution in [-0.2, 0) is 11.3 Å². The van der Waals surface area contributed by atoms with Crippen molar-refractivity contribution in [2.45, 2.75) is 13.5 Å². The molecule has 0 atom stereocenters. The maximum atomic E-state index is 12.2. The number of benzene rings is 1. The van der Waals surface area contributed by atoms with E-state index in [0.717, 1.165) is 3.57 Å². The van der Waals surface area contributed by atoms with Crippen molar-refractivity contribution in [3.05, 3.63) is 56.7 Å². The fraction of sp³-hybridized carbons (Fsp3) is 0.118. The Morgan fingerprint density at radius 3 is 2.68 bits per heavy atom. The van der Waals surface area contributed by atoms with Gasteiger partial charge in [0, 0.05) is 21.4 Å². The maximum absolute atomic E-state index is 12.2. The molecule has 0 bridgehead atoms. The number of hydrogen-bond donors (Lipinski definition) is 2. The van der Waals surface area contributed by atoms with E-state index in [1.807, 2.05) is 17.5 Å². The minimum atomic E-state index is -0.205. The molecule has 0 saturated carbocycles. The number of aromatic nitrogens is 1. The Morgan fingerprint density at radius 2 is 1.96 bits per heavy atom. The highest BCUT2D eigenvalue weighted by Gasteiger charge is 2.12. The second-order valence-electron chi connectivity index (χ2n) is 5.17. The predicted octanol–water partition coefficient (Wildman–Crippen LogP) is 3.90. The van der Waals surface area contributed by atoms with Crippen LogP contribution < -0.4 is 10.6 Å². The van der Waals surface area contributed by atoms with Crippen molar-refractivity contribution >= 4 is 50.9 Å². The summed E-state index contributed by atoms with van der Waals surface area (Å²) >= 11 is 3.51. The van der Waals surface area contributed by atoms with Crippen LogP contribution in [0.25, 0.3) is 11.5 Å². The van der Waals surface area contributed by atoms with E-state index in [2.05, 4.69) is 38.2 Å². The van der Waals surface area contributed by atoms with E-state index in [0.29, 0.717) is 34.5 Å². The minimum Gasteiger partial charge on any atom is -0.458 e. The lowest BCUT2D eigenvalue weighted by atomic mass is 10.2. The van der Waals surface area contributed by atoms with Gasteiger partial charge in [0.1, 0.15) is 11.5 Å². The van der Waals surface area contributed by atoms with Crippen molar-refractivity contribution in [1.82, 2.24) is 10.3 Å². The lowest BCUT2D eigenvalue weighted by Gasteiger charge is -2.01. The lowest BCUT2D eigenvalue weighted by Crippen LogP contribution is -2.18. The molecule has 0 unspecified atom stereocenters. The number of hydrogen-bond acceptors (Lipinski definition) is 5. The number of anilines is 1. The highest BCUT2D eigenvalue weighted by atomic mass is 127. The SMILES string of the molecule is CC(=O)NCc1ccc(-c2csc(NC(=O)c3ccc(I)cc3)n2)o1. The quantitative estimate of drug-likeness (QED) is 0.558. The molecule has 128 valence electrons. The van der Waals surface area contributed by atoms with Crippen LogP contribution >= 0.6 is 33.9 Å². The fourth-order valence-corrected chi connectivity index (χ4v) is 3.09. The number of nitrogens with zero attached hydrogens (tertiary/aromatic N) is 1. The molecule has 3 rings (SSSR count). The molecule has 2 amide bonds. The highest BCUT2D eigenvalue weighted by Crippen LogP contribution is 2.27. The van der Waals surface area contributed by atoms with E-state index in [-0.39, 0.29) is 11.8 Å². The molecular weight excluding hydrogens is 453 g/mol.